The predicted octanol–water partition coefficient (Wildman–Crippen LogP) is 4.31. The van der Waals surface area contributed by atoms with Gasteiger partial charge in [-0.25, -0.2) is 0 Å². The Balaban J connectivity index is 1.63. The van der Waals surface area contributed by atoms with E-state index in [2.05, 4.69) is 26.3 Å². The SMILES string of the molecule is Cc1nn(C)c(C)c1CNC(=O)c1cccc(COc2cccc(Br)c2)c1. The van der Waals surface area contributed by atoms with Crippen LogP contribution in [-0.4, -0.2) is 15.7 Å². The monoisotopic (exact) mass is 427 g/mol. The van der Waals surface area contributed by atoms with E-state index in [0.717, 1.165) is 32.7 Å². The third-order valence-electron chi connectivity index (χ3n) is 4.48. The number of carbonyl (C=O) groups is 1. The first kappa shape index (κ1) is 19.2. The van der Waals surface area contributed by atoms with Crippen molar-refractivity contribution in [2.45, 2.75) is 27.0 Å². The molecule has 0 fully saturated rings. The zero-order chi connectivity index (χ0) is 19.4. The van der Waals surface area contributed by atoms with Crippen LogP contribution >= 0.6 is 15.9 Å². The molecule has 140 valence electrons. The molecule has 1 heterocycles. The molecule has 0 radical (unpaired) electrons. The van der Waals surface area contributed by atoms with Crippen LogP contribution in [0.4, 0.5) is 0 Å². The molecule has 1 amide bonds. The van der Waals surface area contributed by atoms with E-state index in [1.54, 1.807) is 6.07 Å². The van der Waals surface area contributed by atoms with Gasteiger partial charge in [-0.3, -0.25) is 9.48 Å². The number of ether oxygens (including phenoxy) is 1. The highest BCUT2D eigenvalue weighted by Gasteiger charge is 2.12. The van der Waals surface area contributed by atoms with Crippen molar-refractivity contribution in [3.05, 3.63) is 81.1 Å². The van der Waals surface area contributed by atoms with Gasteiger partial charge in [0.2, 0.25) is 0 Å². The maximum absolute atomic E-state index is 12.5. The van der Waals surface area contributed by atoms with Crippen LogP contribution in [0.1, 0.15) is 32.9 Å². The molecule has 0 bridgehead atoms. The molecule has 27 heavy (non-hydrogen) atoms. The minimum Gasteiger partial charge on any atom is -0.489 e. The number of carbonyl (C=O) groups excluding carboxylic acids is 1. The molecule has 0 spiro atoms. The summed E-state index contributed by atoms with van der Waals surface area (Å²) in [5, 5.41) is 7.36. The average molecular weight is 428 g/mol. The number of hydrogen-bond acceptors (Lipinski definition) is 3. The molecule has 0 unspecified atom stereocenters. The number of halogens is 1. The van der Waals surface area contributed by atoms with E-state index in [0.29, 0.717) is 18.7 Å². The highest BCUT2D eigenvalue weighted by molar-refractivity contribution is 9.10. The number of nitrogens with one attached hydrogen (secondary N) is 1. The lowest BCUT2D eigenvalue weighted by Gasteiger charge is -2.09. The Hall–Kier alpha value is -2.60. The zero-order valence-electron chi connectivity index (χ0n) is 15.6. The van der Waals surface area contributed by atoms with Gasteiger partial charge in [0, 0.05) is 34.9 Å². The van der Waals surface area contributed by atoms with E-state index in [-0.39, 0.29) is 5.91 Å². The van der Waals surface area contributed by atoms with Crippen molar-refractivity contribution in [1.82, 2.24) is 15.1 Å². The molecule has 3 aromatic rings. The number of aryl methyl sites for hydroxylation is 2. The Labute approximate surface area is 167 Å². The Morgan fingerprint density at radius 3 is 2.67 bits per heavy atom. The molecule has 1 N–H and O–H groups in total. The number of amides is 1. The van der Waals surface area contributed by atoms with Gasteiger partial charge in [-0.05, 0) is 49.7 Å². The van der Waals surface area contributed by atoms with Crippen LogP contribution in [0, 0.1) is 13.8 Å². The molecule has 0 saturated carbocycles. The summed E-state index contributed by atoms with van der Waals surface area (Å²) in [6.45, 7) is 4.82. The Kier molecular flexibility index (Phi) is 5.96. The minimum absolute atomic E-state index is 0.109. The maximum atomic E-state index is 12.5. The first-order chi connectivity index (χ1) is 12.9. The molecule has 0 atom stereocenters. The Bertz CT molecular complexity index is 966. The van der Waals surface area contributed by atoms with E-state index < -0.39 is 0 Å². The fourth-order valence-corrected chi connectivity index (χ4v) is 3.25. The van der Waals surface area contributed by atoms with Crippen LogP contribution < -0.4 is 10.1 Å². The zero-order valence-corrected chi connectivity index (χ0v) is 17.2. The second kappa shape index (κ2) is 8.39. The highest BCUT2D eigenvalue weighted by Crippen LogP contribution is 2.19. The van der Waals surface area contributed by atoms with Crippen molar-refractivity contribution in [2.24, 2.45) is 7.05 Å². The summed E-state index contributed by atoms with van der Waals surface area (Å²) in [5.74, 6) is 0.670. The van der Waals surface area contributed by atoms with Crippen LogP contribution in [0.5, 0.6) is 5.75 Å². The van der Waals surface area contributed by atoms with E-state index in [9.17, 15) is 4.79 Å². The summed E-state index contributed by atoms with van der Waals surface area (Å²) in [6, 6.07) is 15.2. The van der Waals surface area contributed by atoms with Crippen molar-refractivity contribution in [1.29, 1.82) is 0 Å². The first-order valence-electron chi connectivity index (χ1n) is 8.68. The van der Waals surface area contributed by atoms with Gasteiger partial charge in [0.25, 0.3) is 5.91 Å². The number of benzene rings is 2. The van der Waals surface area contributed by atoms with Gasteiger partial charge in [-0.2, -0.15) is 5.10 Å². The summed E-state index contributed by atoms with van der Waals surface area (Å²) >= 11 is 3.43. The second-order valence-electron chi connectivity index (χ2n) is 6.40. The van der Waals surface area contributed by atoms with Gasteiger partial charge in [-0.15, -0.1) is 0 Å². The Morgan fingerprint density at radius 2 is 1.96 bits per heavy atom. The first-order valence-corrected chi connectivity index (χ1v) is 9.48. The van der Waals surface area contributed by atoms with Crippen LogP contribution in [0.15, 0.2) is 53.0 Å². The third kappa shape index (κ3) is 4.77. The fourth-order valence-electron chi connectivity index (χ4n) is 2.87. The molecule has 0 aliphatic rings. The summed E-state index contributed by atoms with van der Waals surface area (Å²) in [5.41, 5.74) is 4.61. The van der Waals surface area contributed by atoms with Crippen molar-refractivity contribution < 1.29 is 9.53 Å². The number of hydrogen-bond donors (Lipinski definition) is 1. The van der Waals surface area contributed by atoms with Crippen molar-refractivity contribution in [3.63, 3.8) is 0 Å². The molecule has 5 nitrogen and oxygen atoms in total. The van der Waals surface area contributed by atoms with Gasteiger partial charge in [0.05, 0.1) is 5.69 Å². The van der Waals surface area contributed by atoms with E-state index in [1.165, 1.54) is 0 Å². The average Bonchev–Trinajstić information content (AvgIpc) is 2.90. The lowest BCUT2D eigenvalue weighted by atomic mass is 10.1. The smallest absolute Gasteiger partial charge is 0.251 e. The highest BCUT2D eigenvalue weighted by atomic mass is 79.9. The standard InChI is InChI=1S/C21H22BrN3O2/c1-14-20(15(2)25(3)24-14)12-23-21(26)17-7-4-6-16(10-17)13-27-19-9-5-8-18(22)11-19/h4-11H,12-13H2,1-3H3,(H,23,26). The molecule has 6 heteroatoms. The van der Waals surface area contributed by atoms with Crippen LogP contribution in [0.25, 0.3) is 0 Å². The second-order valence-corrected chi connectivity index (χ2v) is 7.32. The molecular weight excluding hydrogens is 406 g/mol. The van der Waals surface area contributed by atoms with Gasteiger partial charge in [0.1, 0.15) is 12.4 Å². The third-order valence-corrected chi connectivity index (χ3v) is 4.97. The van der Waals surface area contributed by atoms with E-state index >= 15 is 0 Å². The molecule has 0 aliphatic carbocycles. The number of aromatic nitrogens is 2. The quantitative estimate of drug-likeness (QED) is 0.637. The maximum Gasteiger partial charge on any atom is 0.251 e. The lowest BCUT2D eigenvalue weighted by molar-refractivity contribution is 0.0950. The fraction of sp³-hybridized carbons (Fsp3) is 0.238. The van der Waals surface area contributed by atoms with Crippen molar-refractivity contribution >= 4 is 21.8 Å². The molecular formula is C21H22BrN3O2. The Morgan fingerprint density at radius 1 is 1.19 bits per heavy atom. The lowest BCUT2D eigenvalue weighted by Crippen LogP contribution is -2.23. The molecule has 0 aliphatic heterocycles. The van der Waals surface area contributed by atoms with Crippen molar-refractivity contribution in [2.75, 3.05) is 0 Å². The number of rotatable bonds is 6. The van der Waals surface area contributed by atoms with Gasteiger partial charge >= 0.3 is 0 Å². The summed E-state index contributed by atoms with van der Waals surface area (Å²) in [4.78, 5) is 12.5. The van der Waals surface area contributed by atoms with Crippen molar-refractivity contribution in [3.8, 4) is 5.75 Å². The van der Waals surface area contributed by atoms with Gasteiger partial charge < -0.3 is 10.1 Å². The molecule has 1 aromatic heterocycles. The summed E-state index contributed by atoms with van der Waals surface area (Å²) < 4.78 is 8.60. The normalized spacial score (nSPS) is 10.7. The molecule has 0 saturated heterocycles. The van der Waals surface area contributed by atoms with E-state index in [1.807, 2.05) is 68.0 Å². The predicted molar refractivity (Wildman–Crippen MR) is 109 cm³/mol. The van der Waals surface area contributed by atoms with Gasteiger partial charge in [0.15, 0.2) is 0 Å². The minimum atomic E-state index is -0.109. The summed E-state index contributed by atoms with van der Waals surface area (Å²) in [6.07, 6.45) is 0. The van der Waals surface area contributed by atoms with E-state index in [4.69, 9.17) is 4.74 Å². The summed E-state index contributed by atoms with van der Waals surface area (Å²) in [7, 11) is 1.91. The largest absolute Gasteiger partial charge is 0.489 e. The van der Waals surface area contributed by atoms with Crippen LogP contribution in [-0.2, 0) is 20.2 Å². The molecule has 2 aromatic carbocycles. The van der Waals surface area contributed by atoms with Crippen LogP contribution in [0.2, 0.25) is 0 Å². The van der Waals surface area contributed by atoms with Crippen LogP contribution in [0.3, 0.4) is 0 Å². The number of nitrogens with zero attached hydrogens (tertiary/aromatic N) is 2. The molecule has 3 rings (SSSR count). The van der Waals surface area contributed by atoms with Gasteiger partial charge in [-0.1, -0.05) is 34.1 Å². The topological polar surface area (TPSA) is 56.2 Å².